The van der Waals surface area contributed by atoms with E-state index >= 15 is 0 Å². The van der Waals surface area contributed by atoms with Gasteiger partial charge in [0, 0.05) is 12.6 Å². The maximum atomic E-state index is 12.7. The fourth-order valence-corrected chi connectivity index (χ4v) is 6.52. The van der Waals surface area contributed by atoms with E-state index in [0.29, 0.717) is 18.0 Å². The summed E-state index contributed by atoms with van der Waals surface area (Å²) >= 11 is 0.985. The minimum Gasteiger partial charge on any atom is -0.477 e. The Kier molecular flexibility index (Phi) is 2.95. The summed E-state index contributed by atoms with van der Waals surface area (Å²) in [5.41, 5.74) is 0.533. The minimum absolute atomic E-state index is 0.00227. The maximum Gasteiger partial charge on any atom is 0.347 e. The molecule has 0 aromatic carbocycles. The molecule has 5 nitrogen and oxygen atoms in total. The van der Waals surface area contributed by atoms with Crippen molar-refractivity contribution in [3.63, 3.8) is 0 Å². The molecule has 2 bridgehead atoms. The van der Waals surface area contributed by atoms with Gasteiger partial charge in [-0.05, 0) is 43.0 Å². The lowest BCUT2D eigenvalue weighted by atomic mass is 10.1. The van der Waals surface area contributed by atoms with E-state index in [1.807, 2.05) is 0 Å². The molecule has 1 aromatic rings. The highest BCUT2D eigenvalue weighted by atomic mass is 32.2. The average molecular weight is 301 g/mol. The third kappa shape index (κ3) is 1.91. The van der Waals surface area contributed by atoms with E-state index < -0.39 is 16.0 Å². The van der Waals surface area contributed by atoms with Crippen LogP contribution in [0, 0.1) is 12.8 Å². The van der Waals surface area contributed by atoms with Crippen molar-refractivity contribution in [3.05, 3.63) is 15.8 Å². The van der Waals surface area contributed by atoms with Gasteiger partial charge >= 0.3 is 5.97 Å². The van der Waals surface area contributed by atoms with Gasteiger partial charge in [-0.1, -0.05) is 0 Å². The van der Waals surface area contributed by atoms with E-state index in [1.54, 1.807) is 12.3 Å². The van der Waals surface area contributed by atoms with Crippen LogP contribution in [0.1, 0.15) is 34.5 Å². The van der Waals surface area contributed by atoms with Gasteiger partial charge in [-0.25, -0.2) is 13.2 Å². The zero-order chi connectivity index (χ0) is 13.8. The molecule has 0 spiro atoms. The molecule has 0 radical (unpaired) electrons. The van der Waals surface area contributed by atoms with Crippen molar-refractivity contribution in [1.82, 2.24) is 4.31 Å². The molecule has 2 aliphatic rings. The summed E-state index contributed by atoms with van der Waals surface area (Å²) < 4.78 is 26.9. The number of carbonyl (C=O) groups is 1. The van der Waals surface area contributed by atoms with Crippen molar-refractivity contribution in [3.8, 4) is 0 Å². The first-order chi connectivity index (χ1) is 8.91. The molecule has 1 N–H and O–H groups in total. The number of hydrogen-bond acceptors (Lipinski definition) is 4. The van der Waals surface area contributed by atoms with Crippen LogP contribution in [-0.4, -0.2) is 36.4 Å². The SMILES string of the molecule is Cc1csc(C(=O)O)c1S(=O)(=O)N1CC2CCC1C2. The molecule has 104 valence electrons. The molecule has 1 saturated heterocycles. The Morgan fingerprint density at radius 1 is 1.47 bits per heavy atom. The van der Waals surface area contributed by atoms with Gasteiger partial charge in [0.15, 0.2) is 0 Å². The second-order valence-corrected chi connectivity index (χ2v) is 8.00. The van der Waals surface area contributed by atoms with Gasteiger partial charge in [-0.3, -0.25) is 0 Å². The van der Waals surface area contributed by atoms with Crippen molar-refractivity contribution in [1.29, 1.82) is 0 Å². The van der Waals surface area contributed by atoms with Crippen molar-refractivity contribution in [2.75, 3.05) is 6.54 Å². The van der Waals surface area contributed by atoms with Crippen molar-refractivity contribution < 1.29 is 18.3 Å². The predicted octanol–water partition coefficient (Wildman–Crippen LogP) is 1.93. The highest BCUT2D eigenvalue weighted by Gasteiger charge is 2.45. The molecular formula is C12H15NO4S2. The molecule has 2 heterocycles. The Balaban J connectivity index is 2.06. The molecule has 2 atom stereocenters. The van der Waals surface area contributed by atoms with Crippen LogP contribution in [0.4, 0.5) is 0 Å². The van der Waals surface area contributed by atoms with Crippen LogP contribution in [0.25, 0.3) is 0 Å². The summed E-state index contributed by atoms with van der Waals surface area (Å²) in [6.07, 6.45) is 2.91. The first kappa shape index (κ1) is 13.1. The summed E-state index contributed by atoms with van der Waals surface area (Å²) in [5, 5.41) is 10.7. The fourth-order valence-electron chi connectivity index (χ4n) is 3.19. The molecule has 2 fully saturated rings. The van der Waals surface area contributed by atoms with Crippen LogP contribution in [0.15, 0.2) is 10.3 Å². The molecular weight excluding hydrogens is 286 g/mol. The quantitative estimate of drug-likeness (QED) is 0.925. The first-order valence-corrected chi connectivity index (χ1v) is 8.56. The lowest BCUT2D eigenvalue weighted by Gasteiger charge is -2.26. The van der Waals surface area contributed by atoms with Crippen LogP contribution >= 0.6 is 11.3 Å². The van der Waals surface area contributed by atoms with Crippen LogP contribution < -0.4 is 0 Å². The van der Waals surface area contributed by atoms with E-state index in [0.717, 1.165) is 30.6 Å². The lowest BCUT2D eigenvalue weighted by molar-refractivity contribution is 0.0698. The van der Waals surface area contributed by atoms with Gasteiger partial charge in [0.05, 0.1) is 0 Å². The van der Waals surface area contributed by atoms with Crippen molar-refractivity contribution >= 4 is 27.3 Å². The molecule has 3 rings (SSSR count). The second-order valence-electron chi connectivity index (χ2n) is 5.29. The molecule has 7 heteroatoms. The number of piperidine rings is 1. The number of fused-ring (bicyclic) bond motifs is 2. The van der Waals surface area contributed by atoms with E-state index in [9.17, 15) is 13.2 Å². The standard InChI is InChI=1S/C12H15NO4S2/c1-7-6-18-10(12(14)15)11(7)19(16,17)13-5-8-2-3-9(13)4-8/h6,8-9H,2-5H2,1H3,(H,14,15). The van der Waals surface area contributed by atoms with E-state index in [4.69, 9.17) is 5.11 Å². The van der Waals surface area contributed by atoms with Gasteiger partial charge in [0.1, 0.15) is 9.77 Å². The third-order valence-corrected chi connectivity index (χ3v) is 7.36. The number of hydrogen-bond donors (Lipinski definition) is 1. The zero-order valence-electron chi connectivity index (χ0n) is 10.5. The summed E-state index contributed by atoms with van der Waals surface area (Å²) in [6.45, 7) is 2.20. The van der Waals surface area contributed by atoms with E-state index in [-0.39, 0.29) is 15.8 Å². The second kappa shape index (κ2) is 4.29. The van der Waals surface area contributed by atoms with Gasteiger partial charge < -0.3 is 5.11 Å². The van der Waals surface area contributed by atoms with Crippen molar-refractivity contribution in [2.24, 2.45) is 5.92 Å². The summed E-state index contributed by atoms with van der Waals surface area (Å²) in [4.78, 5) is 11.1. The Hall–Kier alpha value is -0.920. The largest absolute Gasteiger partial charge is 0.477 e. The first-order valence-electron chi connectivity index (χ1n) is 6.24. The summed E-state index contributed by atoms with van der Waals surface area (Å²) in [5.74, 6) is -0.715. The molecule has 2 unspecified atom stereocenters. The molecule has 1 aliphatic carbocycles. The van der Waals surface area contributed by atoms with Gasteiger partial charge in [0.25, 0.3) is 0 Å². The summed E-state index contributed by atoms with van der Waals surface area (Å²) in [6, 6.07) is 0.0657. The van der Waals surface area contributed by atoms with Gasteiger partial charge in [0.2, 0.25) is 10.0 Å². The predicted molar refractivity (Wildman–Crippen MR) is 71.0 cm³/mol. The van der Waals surface area contributed by atoms with E-state index in [2.05, 4.69) is 0 Å². The fraction of sp³-hybridized carbons (Fsp3) is 0.583. The van der Waals surface area contributed by atoms with Crippen molar-refractivity contribution in [2.45, 2.75) is 37.1 Å². The molecule has 1 saturated carbocycles. The van der Waals surface area contributed by atoms with Crippen LogP contribution in [-0.2, 0) is 10.0 Å². The number of carboxylic acids is 1. The molecule has 1 aliphatic heterocycles. The third-order valence-electron chi connectivity index (χ3n) is 4.04. The Bertz CT molecular complexity index is 634. The molecule has 1 aromatic heterocycles. The normalized spacial score (nSPS) is 27.0. The smallest absolute Gasteiger partial charge is 0.347 e. The maximum absolute atomic E-state index is 12.7. The summed E-state index contributed by atoms with van der Waals surface area (Å²) in [7, 11) is -3.67. The number of thiophene rings is 1. The molecule has 0 amide bonds. The number of carboxylic acid groups (broad SMARTS) is 1. The number of nitrogens with zero attached hydrogens (tertiary/aromatic N) is 1. The highest BCUT2D eigenvalue weighted by molar-refractivity contribution is 7.89. The van der Waals surface area contributed by atoms with Crippen LogP contribution in [0.2, 0.25) is 0 Å². The Labute approximate surface area is 115 Å². The molecule has 19 heavy (non-hydrogen) atoms. The van der Waals surface area contributed by atoms with E-state index in [1.165, 1.54) is 4.31 Å². The lowest BCUT2D eigenvalue weighted by Crippen LogP contribution is -2.38. The van der Waals surface area contributed by atoms with Crippen LogP contribution in [0.3, 0.4) is 0 Å². The number of sulfonamides is 1. The van der Waals surface area contributed by atoms with Crippen LogP contribution in [0.5, 0.6) is 0 Å². The number of rotatable bonds is 3. The Morgan fingerprint density at radius 3 is 2.74 bits per heavy atom. The topological polar surface area (TPSA) is 74.7 Å². The average Bonchev–Trinajstić information content (AvgIpc) is 3.01. The highest BCUT2D eigenvalue weighted by Crippen LogP contribution is 2.42. The van der Waals surface area contributed by atoms with Gasteiger partial charge in [-0.2, -0.15) is 4.31 Å². The monoisotopic (exact) mass is 301 g/mol. The van der Waals surface area contributed by atoms with Gasteiger partial charge in [-0.15, -0.1) is 11.3 Å². The minimum atomic E-state index is -3.67. The number of aromatic carboxylic acids is 1. The Morgan fingerprint density at radius 2 is 2.21 bits per heavy atom. The number of aryl methyl sites for hydroxylation is 1. The zero-order valence-corrected chi connectivity index (χ0v) is 12.1.